The molecule has 0 aromatic heterocycles. The first-order valence-electron chi connectivity index (χ1n) is 10.0. The van der Waals surface area contributed by atoms with E-state index in [1.54, 1.807) is 39.8 Å². The van der Waals surface area contributed by atoms with Crippen molar-refractivity contribution in [3.63, 3.8) is 0 Å². The summed E-state index contributed by atoms with van der Waals surface area (Å²) in [5, 5.41) is 4.87. The zero-order valence-corrected chi connectivity index (χ0v) is 19.6. The Labute approximate surface area is 188 Å². The van der Waals surface area contributed by atoms with Crippen molar-refractivity contribution in [1.82, 2.24) is 15.5 Å². The van der Waals surface area contributed by atoms with Crippen LogP contribution in [0.4, 0.5) is 4.79 Å². The van der Waals surface area contributed by atoms with Crippen LogP contribution in [0.1, 0.15) is 50.4 Å². The van der Waals surface area contributed by atoms with Crippen LogP contribution >= 0.6 is 0 Å². The number of methoxy groups -OCH3 is 1. The van der Waals surface area contributed by atoms with Gasteiger partial charge in [-0.15, -0.1) is 0 Å². The Hall–Kier alpha value is -3.54. The summed E-state index contributed by atoms with van der Waals surface area (Å²) in [5.74, 6) is -2.02. The van der Waals surface area contributed by atoms with Gasteiger partial charge in [0, 0.05) is 6.04 Å². The molecule has 0 saturated carbocycles. The average Bonchev–Trinajstić information content (AvgIpc) is 2.69. The zero-order chi connectivity index (χ0) is 24.6. The van der Waals surface area contributed by atoms with E-state index in [1.165, 1.54) is 14.0 Å². The number of ether oxygens (including phenoxy) is 2. The molecule has 0 aliphatic carbocycles. The third-order valence-electron chi connectivity index (χ3n) is 4.35. The fraction of sp³-hybridized carbons (Fsp3) is 0.478. The topological polar surface area (TPSA) is 114 Å². The predicted octanol–water partition coefficient (Wildman–Crippen LogP) is 1.97. The van der Waals surface area contributed by atoms with Crippen molar-refractivity contribution < 1.29 is 28.7 Å². The van der Waals surface area contributed by atoms with E-state index in [-0.39, 0.29) is 0 Å². The van der Waals surface area contributed by atoms with Gasteiger partial charge in [-0.3, -0.25) is 19.3 Å². The van der Waals surface area contributed by atoms with E-state index >= 15 is 0 Å². The second-order valence-electron chi connectivity index (χ2n) is 8.26. The molecule has 0 heterocycles. The number of aryl methyl sites for hydroxylation is 2. The Bertz CT molecular complexity index is 913. The van der Waals surface area contributed by atoms with Crippen LogP contribution < -0.4 is 10.6 Å². The molecule has 9 nitrogen and oxygen atoms in total. The van der Waals surface area contributed by atoms with E-state index < -0.39 is 48.1 Å². The van der Waals surface area contributed by atoms with Crippen molar-refractivity contribution in [2.24, 2.45) is 0 Å². The number of rotatable bonds is 7. The highest BCUT2D eigenvalue weighted by molar-refractivity contribution is 5.94. The molecule has 0 aliphatic heterocycles. The molecule has 2 atom stereocenters. The number of nitrogens with one attached hydrogen (secondary N) is 2. The smallest absolute Gasteiger partial charge is 0.408 e. The van der Waals surface area contributed by atoms with E-state index in [4.69, 9.17) is 11.2 Å². The molecule has 3 amide bonds. The maximum atomic E-state index is 13.1. The molecule has 0 bridgehead atoms. The summed E-state index contributed by atoms with van der Waals surface area (Å²) in [7, 11) is 1.19. The number of benzene rings is 1. The number of carbonyl (C=O) groups is 4. The molecular weight excluding hydrogens is 414 g/mol. The number of terminal acetylenes is 1. The Kier molecular flexibility index (Phi) is 9.26. The van der Waals surface area contributed by atoms with Crippen molar-refractivity contribution in [1.29, 1.82) is 0 Å². The Morgan fingerprint density at radius 1 is 1.19 bits per heavy atom. The number of hydrogen-bond acceptors (Lipinski definition) is 6. The van der Waals surface area contributed by atoms with Gasteiger partial charge in [0.15, 0.2) is 0 Å². The monoisotopic (exact) mass is 445 g/mol. The van der Waals surface area contributed by atoms with Gasteiger partial charge in [0.25, 0.3) is 5.91 Å². The van der Waals surface area contributed by atoms with Crippen LogP contribution in [-0.4, -0.2) is 54.1 Å². The SMILES string of the molecule is C#CN(C(=O)C(C)NC(=O)OC(C)(C)C)C(C(=O)NCC(=O)OC)c1cc(C)ccc1C. The molecular formula is C23H31N3O6. The van der Waals surface area contributed by atoms with Crippen LogP contribution in [-0.2, 0) is 23.9 Å². The molecule has 2 N–H and O–H groups in total. The van der Waals surface area contributed by atoms with Gasteiger partial charge in [0.2, 0.25) is 5.91 Å². The van der Waals surface area contributed by atoms with Gasteiger partial charge in [0.1, 0.15) is 24.2 Å². The quantitative estimate of drug-likeness (QED) is 0.377. The second kappa shape index (κ2) is 11.2. The van der Waals surface area contributed by atoms with Gasteiger partial charge in [-0.1, -0.05) is 30.2 Å². The summed E-state index contributed by atoms with van der Waals surface area (Å²) in [6.45, 7) is 9.72. The Morgan fingerprint density at radius 3 is 2.34 bits per heavy atom. The van der Waals surface area contributed by atoms with E-state index in [9.17, 15) is 19.2 Å². The molecule has 0 spiro atoms. The molecule has 1 aromatic rings. The highest BCUT2D eigenvalue weighted by Gasteiger charge is 2.35. The molecule has 0 saturated heterocycles. The van der Waals surface area contributed by atoms with Crippen molar-refractivity contribution in [2.75, 3.05) is 13.7 Å². The van der Waals surface area contributed by atoms with E-state index in [0.29, 0.717) is 5.56 Å². The average molecular weight is 446 g/mol. The largest absolute Gasteiger partial charge is 0.468 e. The van der Waals surface area contributed by atoms with Gasteiger partial charge in [-0.25, -0.2) is 4.79 Å². The lowest BCUT2D eigenvalue weighted by Gasteiger charge is -2.30. The Morgan fingerprint density at radius 2 is 1.81 bits per heavy atom. The van der Waals surface area contributed by atoms with Crippen molar-refractivity contribution >= 4 is 23.9 Å². The maximum Gasteiger partial charge on any atom is 0.408 e. The first kappa shape index (κ1) is 26.5. The molecule has 0 aliphatic rings. The number of nitrogens with zero attached hydrogens (tertiary/aromatic N) is 1. The predicted molar refractivity (Wildman–Crippen MR) is 118 cm³/mol. The minimum atomic E-state index is -1.24. The van der Waals surface area contributed by atoms with Crippen LogP contribution in [0.15, 0.2) is 18.2 Å². The molecule has 174 valence electrons. The highest BCUT2D eigenvalue weighted by Crippen LogP contribution is 2.26. The minimum absolute atomic E-state index is 0.394. The summed E-state index contributed by atoms with van der Waals surface area (Å²) in [5.41, 5.74) is 1.30. The first-order chi connectivity index (χ1) is 14.8. The van der Waals surface area contributed by atoms with Crippen LogP contribution in [0.5, 0.6) is 0 Å². The number of esters is 1. The summed E-state index contributed by atoms with van der Waals surface area (Å²) < 4.78 is 9.72. The van der Waals surface area contributed by atoms with Crippen LogP contribution in [0.3, 0.4) is 0 Å². The van der Waals surface area contributed by atoms with Crippen molar-refractivity contribution in [2.45, 2.75) is 59.2 Å². The fourth-order valence-electron chi connectivity index (χ4n) is 2.80. The Balaban J connectivity index is 3.27. The summed E-state index contributed by atoms with van der Waals surface area (Å²) in [6, 6.07) is 5.32. The molecule has 1 rings (SSSR count). The lowest BCUT2D eigenvalue weighted by atomic mass is 9.96. The normalized spacial score (nSPS) is 12.6. The molecule has 2 unspecified atom stereocenters. The standard InChI is InChI=1S/C23H31N3O6/c1-9-26(21(29)16(4)25-22(30)32-23(5,6)7)19(20(28)24-13-18(27)31-8)17-12-14(2)10-11-15(17)3/h1,10-12,16,19H,13H2,2-8H3,(H,24,28)(H,25,30). The van der Waals surface area contributed by atoms with Crippen LogP contribution in [0, 0.1) is 26.3 Å². The lowest BCUT2D eigenvalue weighted by molar-refractivity contribution is -0.142. The number of carbonyl (C=O) groups excluding carboxylic acids is 4. The van der Waals surface area contributed by atoms with Gasteiger partial charge in [-0.2, -0.15) is 0 Å². The number of alkyl carbamates (subject to hydrolysis) is 1. The fourth-order valence-corrected chi connectivity index (χ4v) is 2.80. The van der Waals surface area contributed by atoms with Crippen molar-refractivity contribution in [3.8, 4) is 12.5 Å². The van der Waals surface area contributed by atoms with E-state index in [0.717, 1.165) is 16.0 Å². The van der Waals surface area contributed by atoms with Gasteiger partial charge in [0.05, 0.1) is 7.11 Å². The van der Waals surface area contributed by atoms with Crippen molar-refractivity contribution in [3.05, 3.63) is 34.9 Å². The maximum absolute atomic E-state index is 13.1. The lowest BCUT2D eigenvalue weighted by Crippen LogP contribution is -2.50. The molecule has 1 aromatic carbocycles. The number of amides is 3. The highest BCUT2D eigenvalue weighted by atomic mass is 16.6. The third-order valence-corrected chi connectivity index (χ3v) is 4.35. The molecule has 9 heteroatoms. The van der Waals surface area contributed by atoms with Gasteiger partial charge < -0.3 is 20.1 Å². The minimum Gasteiger partial charge on any atom is -0.468 e. The first-order valence-corrected chi connectivity index (χ1v) is 10.0. The molecule has 0 fully saturated rings. The summed E-state index contributed by atoms with van der Waals surface area (Å²) >= 11 is 0. The molecule has 0 radical (unpaired) electrons. The third kappa shape index (κ3) is 7.61. The second-order valence-corrected chi connectivity index (χ2v) is 8.26. The van der Waals surface area contributed by atoms with E-state index in [1.807, 2.05) is 13.0 Å². The van der Waals surface area contributed by atoms with Gasteiger partial charge >= 0.3 is 12.1 Å². The van der Waals surface area contributed by atoms with E-state index in [2.05, 4.69) is 21.4 Å². The van der Waals surface area contributed by atoms with Crippen LogP contribution in [0.25, 0.3) is 0 Å². The summed E-state index contributed by atoms with van der Waals surface area (Å²) in [6.07, 6.45) is 4.83. The van der Waals surface area contributed by atoms with Crippen LogP contribution in [0.2, 0.25) is 0 Å². The molecule has 32 heavy (non-hydrogen) atoms. The van der Waals surface area contributed by atoms with Gasteiger partial charge in [-0.05, 0) is 52.7 Å². The number of hydrogen-bond donors (Lipinski definition) is 2. The summed E-state index contributed by atoms with van der Waals surface area (Å²) in [4.78, 5) is 50.6. The zero-order valence-electron chi connectivity index (χ0n) is 19.6.